The molecular weight excluding hydrogens is 357 g/mol. The number of pyridine rings is 1. The molecule has 0 bridgehead atoms. The molecule has 2 aromatic rings. The van der Waals surface area contributed by atoms with Crippen molar-refractivity contribution in [3.63, 3.8) is 0 Å². The molecule has 2 fully saturated rings. The number of amides is 1. The van der Waals surface area contributed by atoms with Crippen molar-refractivity contribution in [2.45, 2.75) is 43.7 Å². The largest absolute Gasteiger partial charge is 0.468 e. The van der Waals surface area contributed by atoms with Crippen molar-refractivity contribution in [1.82, 2.24) is 15.2 Å². The topological polar surface area (TPSA) is 54.5 Å². The summed E-state index contributed by atoms with van der Waals surface area (Å²) in [7, 11) is 0. The van der Waals surface area contributed by atoms with Crippen LogP contribution in [0.25, 0.3) is 0 Å². The van der Waals surface area contributed by atoms with E-state index in [4.69, 9.17) is 4.74 Å². The summed E-state index contributed by atoms with van der Waals surface area (Å²) in [5, 5.41) is 3.64. The molecule has 28 heavy (non-hydrogen) atoms. The fourth-order valence-corrected chi connectivity index (χ4v) is 4.45. The molecule has 1 N–H and O–H groups in total. The van der Waals surface area contributed by atoms with Gasteiger partial charge in [0.15, 0.2) is 6.61 Å². The molecule has 4 rings (SSSR count). The van der Waals surface area contributed by atoms with Crippen molar-refractivity contribution in [3.05, 3.63) is 60.0 Å². The van der Waals surface area contributed by atoms with Gasteiger partial charge in [-0.1, -0.05) is 31.0 Å². The fraction of sp³-hybridized carbons (Fsp3) is 0.455. The molecule has 0 aliphatic carbocycles. The molecule has 0 spiro atoms. The van der Waals surface area contributed by atoms with Crippen molar-refractivity contribution >= 4 is 5.91 Å². The van der Waals surface area contributed by atoms with E-state index in [1.54, 1.807) is 24.4 Å². The molecule has 1 aromatic heterocycles. The smallest absolute Gasteiger partial charge is 0.260 e. The molecule has 1 aromatic carbocycles. The molecule has 1 amide bonds. The van der Waals surface area contributed by atoms with Crippen LogP contribution in [0.3, 0.4) is 0 Å². The number of hydrogen-bond acceptors (Lipinski definition) is 4. The van der Waals surface area contributed by atoms with Crippen LogP contribution in [0.4, 0.5) is 4.39 Å². The summed E-state index contributed by atoms with van der Waals surface area (Å²) < 4.78 is 19.4. The zero-order chi connectivity index (χ0) is 19.3. The van der Waals surface area contributed by atoms with Crippen molar-refractivity contribution in [2.24, 2.45) is 0 Å². The number of nitrogens with one attached hydrogen (secondary N) is 1. The summed E-state index contributed by atoms with van der Waals surface area (Å²) in [5.74, 6) is 0.256. The van der Waals surface area contributed by atoms with E-state index >= 15 is 0 Å². The van der Waals surface area contributed by atoms with Gasteiger partial charge in [-0.15, -0.1) is 0 Å². The molecule has 2 aliphatic rings. The van der Waals surface area contributed by atoms with Crippen LogP contribution in [0, 0.1) is 5.82 Å². The van der Waals surface area contributed by atoms with Gasteiger partial charge in [0, 0.05) is 36.8 Å². The highest BCUT2D eigenvalue weighted by Gasteiger charge is 2.44. The maximum Gasteiger partial charge on any atom is 0.260 e. The van der Waals surface area contributed by atoms with E-state index < -0.39 is 0 Å². The minimum Gasteiger partial charge on any atom is -0.468 e. The quantitative estimate of drug-likeness (QED) is 0.881. The lowest BCUT2D eigenvalue weighted by molar-refractivity contribution is -0.134. The Morgan fingerprint density at radius 2 is 2.14 bits per heavy atom. The summed E-state index contributed by atoms with van der Waals surface area (Å²) in [6, 6.07) is 12.4. The van der Waals surface area contributed by atoms with Gasteiger partial charge < -0.3 is 15.0 Å². The molecule has 6 heteroatoms. The van der Waals surface area contributed by atoms with Crippen LogP contribution in [0.1, 0.15) is 37.2 Å². The molecule has 0 saturated carbocycles. The number of carbonyl (C=O) groups is 1. The number of carbonyl (C=O) groups excluding carboxylic acids is 1. The van der Waals surface area contributed by atoms with Gasteiger partial charge in [0.05, 0.1) is 0 Å². The Bertz CT molecular complexity index is 801. The first kappa shape index (κ1) is 18.9. The van der Waals surface area contributed by atoms with Crippen molar-refractivity contribution in [3.8, 4) is 5.88 Å². The number of hydrogen-bond donors (Lipinski definition) is 1. The number of nitrogens with zero attached hydrogens (tertiary/aromatic N) is 2. The number of aromatic nitrogens is 1. The van der Waals surface area contributed by atoms with Crippen LogP contribution in [0.5, 0.6) is 5.88 Å². The predicted octanol–water partition coefficient (Wildman–Crippen LogP) is 3.13. The summed E-state index contributed by atoms with van der Waals surface area (Å²) in [4.78, 5) is 19.0. The first-order valence-electron chi connectivity index (χ1n) is 10.0. The van der Waals surface area contributed by atoms with Gasteiger partial charge in [0.25, 0.3) is 5.91 Å². The fourth-order valence-electron chi connectivity index (χ4n) is 4.45. The Morgan fingerprint density at radius 1 is 1.21 bits per heavy atom. The van der Waals surface area contributed by atoms with E-state index in [1.165, 1.54) is 6.07 Å². The first-order valence-corrected chi connectivity index (χ1v) is 10.0. The third-order valence-corrected chi connectivity index (χ3v) is 5.78. The predicted molar refractivity (Wildman–Crippen MR) is 105 cm³/mol. The summed E-state index contributed by atoms with van der Waals surface area (Å²) in [5.41, 5.74) is 0.948. The summed E-state index contributed by atoms with van der Waals surface area (Å²) in [6.07, 6.45) is 6.00. The second kappa shape index (κ2) is 8.69. The van der Waals surface area contributed by atoms with E-state index in [1.807, 2.05) is 23.1 Å². The second-order valence-corrected chi connectivity index (χ2v) is 7.56. The average Bonchev–Trinajstić information content (AvgIpc) is 3.04. The molecular formula is C22H26FN3O2. The van der Waals surface area contributed by atoms with Gasteiger partial charge in [-0.3, -0.25) is 4.79 Å². The normalized spacial score (nSPS) is 24.9. The molecule has 5 nitrogen and oxygen atoms in total. The van der Waals surface area contributed by atoms with Crippen molar-refractivity contribution in [1.29, 1.82) is 0 Å². The highest BCUT2D eigenvalue weighted by Crippen LogP contribution is 2.36. The summed E-state index contributed by atoms with van der Waals surface area (Å²) in [6.45, 7) is 1.48. The third kappa shape index (κ3) is 4.17. The van der Waals surface area contributed by atoms with Crippen LogP contribution >= 0.6 is 0 Å². The number of rotatable bonds is 4. The Kier molecular flexibility index (Phi) is 5.86. The molecule has 3 heterocycles. The second-order valence-electron chi connectivity index (χ2n) is 7.56. The number of fused-ring (bicyclic) bond motifs is 1. The maximum absolute atomic E-state index is 13.8. The number of halogens is 1. The Balaban J connectivity index is 1.53. The third-order valence-electron chi connectivity index (χ3n) is 5.78. The van der Waals surface area contributed by atoms with Crippen LogP contribution in [0.15, 0.2) is 48.7 Å². The first-order chi connectivity index (χ1) is 13.7. The highest BCUT2D eigenvalue weighted by molar-refractivity contribution is 5.78. The Labute approximate surface area is 164 Å². The zero-order valence-corrected chi connectivity index (χ0v) is 15.9. The van der Waals surface area contributed by atoms with E-state index in [0.717, 1.165) is 37.8 Å². The molecule has 0 radical (unpaired) electrons. The molecule has 148 valence electrons. The Morgan fingerprint density at radius 3 is 2.96 bits per heavy atom. The lowest BCUT2D eigenvalue weighted by atomic mass is 9.88. The van der Waals surface area contributed by atoms with Gasteiger partial charge in [-0.05, 0) is 43.1 Å². The Hall–Kier alpha value is -2.47. The van der Waals surface area contributed by atoms with Crippen molar-refractivity contribution < 1.29 is 13.9 Å². The zero-order valence-electron chi connectivity index (χ0n) is 15.9. The van der Waals surface area contributed by atoms with Crippen LogP contribution < -0.4 is 10.1 Å². The average molecular weight is 383 g/mol. The van der Waals surface area contributed by atoms with Crippen LogP contribution in [-0.4, -0.2) is 47.6 Å². The number of ether oxygens (including phenoxy) is 1. The monoisotopic (exact) mass is 383 g/mol. The van der Waals surface area contributed by atoms with Gasteiger partial charge in [0.2, 0.25) is 5.88 Å². The van der Waals surface area contributed by atoms with Crippen molar-refractivity contribution in [2.75, 3.05) is 19.7 Å². The molecule has 2 aliphatic heterocycles. The maximum atomic E-state index is 13.8. The van der Waals surface area contributed by atoms with Gasteiger partial charge in [-0.25, -0.2) is 9.37 Å². The van der Waals surface area contributed by atoms with Gasteiger partial charge >= 0.3 is 0 Å². The van der Waals surface area contributed by atoms with E-state index in [9.17, 15) is 9.18 Å². The van der Waals surface area contributed by atoms with E-state index in [0.29, 0.717) is 12.4 Å². The molecule has 0 unspecified atom stereocenters. The minimum atomic E-state index is -0.233. The highest BCUT2D eigenvalue weighted by atomic mass is 19.1. The SMILES string of the molecule is O=C(COc1ccccn1)N1C[C@@H](c2cccc(F)c2)[C@@H]2NCCCCC[C@H]21. The van der Waals surface area contributed by atoms with Crippen LogP contribution in [-0.2, 0) is 4.79 Å². The standard InChI is InChI=1S/C22H26FN3O2/c23-17-8-6-7-16(13-17)18-14-26(19-9-2-1-4-12-25-22(18)19)21(27)15-28-20-10-3-5-11-24-20/h3,5-8,10-11,13,18-19,22,25H,1-2,4,9,12,14-15H2/t18-,19+,22-/m0/s1. The van der Waals surface area contributed by atoms with Gasteiger partial charge in [-0.2, -0.15) is 0 Å². The van der Waals surface area contributed by atoms with Gasteiger partial charge in [0.1, 0.15) is 5.82 Å². The number of benzene rings is 1. The van der Waals surface area contributed by atoms with E-state index in [2.05, 4.69) is 10.3 Å². The lowest BCUT2D eigenvalue weighted by Crippen LogP contribution is -2.48. The summed E-state index contributed by atoms with van der Waals surface area (Å²) >= 11 is 0. The molecule has 2 saturated heterocycles. The lowest BCUT2D eigenvalue weighted by Gasteiger charge is -2.31. The van der Waals surface area contributed by atoms with E-state index in [-0.39, 0.29) is 36.3 Å². The number of likely N-dealkylation sites (tertiary alicyclic amines) is 1. The van der Waals surface area contributed by atoms with Crippen LogP contribution in [0.2, 0.25) is 0 Å². The molecule has 3 atom stereocenters. The minimum absolute atomic E-state index is 0.0316.